The largest absolute Gasteiger partial charge is 0.497 e. The number of carbonyl (C=O) groups excluding carboxylic acids is 1. The number of hydrogen-bond acceptors (Lipinski definition) is 6. The quantitative estimate of drug-likeness (QED) is 0.771. The maximum Gasteiger partial charge on any atom is 0.292 e. The van der Waals surface area contributed by atoms with E-state index in [0.29, 0.717) is 23.3 Å². The van der Waals surface area contributed by atoms with Crippen LogP contribution >= 0.6 is 11.6 Å². The number of hydrogen-bond donors (Lipinski definition) is 2. The maximum absolute atomic E-state index is 11.1. The summed E-state index contributed by atoms with van der Waals surface area (Å²) in [5, 5.41) is 3.27. The third-order valence-electron chi connectivity index (χ3n) is 3.26. The number of H-pyrrole nitrogens is 1. The summed E-state index contributed by atoms with van der Waals surface area (Å²) < 4.78 is 8.87. The molecule has 1 aliphatic rings. The van der Waals surface area contributed by atoms with Gasteiger partial charge in [0.2, 0.25) is 0 Å². The SMILES string of the molecule is CC.CC1CCCN1.COC=O.COc1ccc2nc(Cl)c(=O)[nH]c2c1. The zero-order chi connectivity index (χ0) is 19.9. The van der Waals surface area contributed by atoms with Crippen LogP contribution in [0.25, 0.3) is 11.0 Å². The predicted octanol–water partition coefficient (Wildman–Crippen LogP) is 3.16. The number of fused-ring (bicyclic) bond motifs is 1. The number of aromatic amines is 1. The highest BCUT2D eigenvalue weighted by atomic mass is 35.5. The minimum absolute atomic E-state index is 0.0531. The number of nitrogens with one attached hydrogen (secondary N) is 2. The molecule has 2 N–H and O–H groups in total. The number of methoxy groups -OCH3 is 2. The van der Waals surface area contributed by atoms with Gasteiger partial charge in [-0.05, 0) is 38.4 Å². The van der Waals surface area contributed by atoms with Gasteiger partial charge in [-0.15, -0.1) is 0 Å². The highest BCUT2D eigenvalue weighted by Gasteiger charge is 2.05. The van der Waals surface area contributed by atoms with Crippen molar-refractivity contribution in [3.8, 4) is 5.75 Å². The Labute approximate surface area is 159 Å². The lowest BCUT2D eigenvalue weighted by molar-refractivity contribution is -0.126. The van der Waals surface area contributed by atoms with Crippen LogP contribution in [0, 0.1) is 0 Å². The Hall–Kier alpha value is -2.12. The van der Waals surface area contributed by atoms with Crippen LogP contribution in [0.1, 0.15) is 33.6 Å². The average Bonchev–Trinajstić information content (AvgIpc) is 3.15. The molecule has 2 heterocycles. The van der Waals surface area contributed by atoms with Gasteiger partial charge < -0.3 is 19.8 Å². The normalized spacial score (nSPS) is 14.6. The first-order chi connectivity index (χ1) is 12.5. The number of rotatable bonds is 2. The van der Waals surface area contributed by atoms with Crippen molar-refractivity contribution in [1.82, 2.24) is 15.3 Å². The van der Waals surface area contributed by atoms with Gasteiger partial charge in [-0.25, -0.2) is 4.98 Å². The van der Waals surface area contributed by atoms with E-state index in [2.05, 4.69) is 26.9 Å². The second-order valence-corrected chi connectivity index (χ2v) is 5.43. The third-order valence-corrected chi connectivity index (χ3v) is 3.52. The van der Waals surface area contributed by atoms with E-state index in [9.17, 15) is 4.79 Å². The van der Waals surface area contributed by atoms with E-state index in [1.807, 2.05) is 13.8 Å². The summed E-state index contributed by atoms with van der Waals surface area (Å²) in [7, 11) is 2.87. The minimum atomic E-state index is -0.396. The Morgan fingerprint density at radius 2 is 1.96 bits per heavy atom. The van der Waals surface area contributed by atoms with Gasteiger partial charge in [0.25, 0.3) is 12.0 Å². The molecular formula is C18H28ClN3O4. The molecule has 0 spiro atoms. The first-order valence-corrected chi connectivity index (χ1v) is 8.83. The molecule has 0 saturated carbocycles. The van der Waals surface area contributed by atoms with Crippen LogP contribution in [-0.2, 0) is 9.53 Å². The summed E-state index contributed by atoms with van der Waals surface area (Å²) in [5.41, 5.74) is 0.849. The number of halogens is 1. The van der Waals surface area contributed by atoms with Gasteiger partial charge in [0.1, 0.15) is 5.75 Å². The van der Waals surface area contributed by atoms with Gasteiger partial charge in [0, 0.05) is 12.1 Å². The molecule has 0 amide bonds. The molecule has 1 aromatic carbocycles. The molecular weight excluding hydrogens is 358 g/mol. The lowest BCUT2D eigenvalue weighted by atomic mass is 10.3. The van der Waals surface area contributed by atoms with E-state index >= 15 is 0 Å². The molecule has 3 rings (SSSR count). The van der Waals surface area contributed by atoms with Crippen LogP contribution in [0.4, 0.5) is 0 Å². The zero-order valence-corrected chi connectivity index (χ0v) is 16.7. The lowest BCUT2D eigenvalue weighted by Gasteiger charge is -2.01. The van der Waals surface area contributed by atoms with Crippen molar-refractivity contribution in [3.63, 3.8) is 0 Å². The number of nitrogens with zero attached hydrogens (tertiary/aromatic N) is 1. The third kappa shape index (κ3) is 8.82. The summed E-state index contributed by atoms with van der Waals surface area (Å²) in [4.78, 5) is 26.6. The fourth-order valence-electron chi connectivity index (χ4n) is 2.03. The van der Waals surface area contributed by atoms with Crippen LogP contribution in [-0.4, -0.2) is 43.2 Å². The Morgan fingerprint density at radius 3 is 2.38 bits per heavy atom. The van der Waals surface area contributed by atoms with E-state index in [-0.39, 0.29) is 5.15 Å². The van der Waals surface area contributed by atoms with Gasteiger partial charge >= 0.3 is 0 Å². The van der Waals surface area contributed by atoms with E-state index in [1.54, 1.807) is 25.3 Å². The summed E-state index contributed by atoms with van der Waals surface area (Å²) in [6.07, 6.45) is 2.75. The second kappa shape index (κ2) is 14.1. The molecule has 26 heavy (non-hydrogen) atoms. The van der Waals surface area contributed by atoms with E-state index in [0.717, 1.165) is 6.04 Å². The molecule has 1 saturated heterocycles. The molecule has 146 valence electrons. The van der Waals surface area contributed by atoms with Crippen molar-refractivity contribution in [2.75, 3.05) is 20.8 Å². The molecule has 1 fully saturated rings. The fraction of sp³-hybridized carbons (Fsp3) is 0.500. The van der Waals surface area contributed by atoms with Gasteiger partial charge in [-0.2, -0.15) is 0 Å². The van der Waals surface area contributed by atoms with Crippen LogP contribution < -0.4 is 15.6 Å². The molecule has 1 atom stereocenters. The Morgan fingerprint density at radius 1 is 1.31 bits per heavy atom. The Kier molecular flexibility index (Phi) is 12.9. The van der Waals surface area contributed by atoms with Crippen molar-refractivity contribution in [1.29, 1.82) is 0 Å². The number of aromatic nitrogens is 2. The summed E-state index contributed by atoms with van der Waals surface area (Å²) in [5.74, 6) is 0.664. The highest BCUT2D eigenvalue weighted by Crippen LogP contribution is 2.16. The topological polar surface area (TPSA) is 93.3 Å². The summed E-state index contributed by atoms with van der Waals surface area (Å²) in [6.45, 7) is 7.84. The molecule has 0 aliphatic carbocycles. The number of ether oxygens (including phenoxy) is 2. The summed E-state index contributed by atoms with van der Waals surface area (Å²) in [6, 6.07) is 5.98. The molecule has 1 aliphatic heterocycles. The monoisotopic (exact) mass is 385 g/mol. The first kappa shape index (κ1) is 23.9. The van der Waals surface area contributed by atoms with Crippen molar-refractivity contribution in [3.05, 3.63) is 33.7 Å². The molecule has 0 bridgehead atoms. The smallest absolute Gasteiger partial charge is 0.292 e. The molecule has 2 aromatic rings. The van der Waals surface area contributed by atoms with Gasteiger partial charge in [0.05, 0.1) is 25.3 Å². The second-order valence-electron chi connectivity index (χ2n) is 5.07. The molecule has 7 nitrogen and oxygen atoms in total. The Balaban J connectivity index is 0.000000432. The maximum atomic E-state index is 11.1. The van der Waals surface area contributed by atoms with Crippen LogP contribution in [0.5, 0.6) is 5.75 Å². The van der Waals surface area contributed by atoms with Crippen molar-refractivity contribution < 1.29 is 14.3 Å². The predicted molar refractivity (Wildman–Crippen MR) is 105 cm³/mol. The average molecular weight is 386 g/mol. The van der Waals surface area contributed by atoms with Crippen LogP contribution in [0.3, 0.4) is 0 Å². The van der Waals surface area contributed by atoms with Gasteiger partial charge in [-0.3, -0.25) is 9.59 Å². The van der Waals surface area contributed by atoms with Crippen LogP contribution in [0.2, 0.25) is 5.15 Å². The van der Waals surface area contributed by atoms with Crippen LogP contribution in [0.15, 0.2) is 23.0 Å². The first-order valence-electron chi connectivity index (χ1n) is 8.45. The van der Waals surface area contributed by atoms with E-state index in [4.69, 9.17) is 21.1 Å². The number of benzene rings is 1. The molecule has 1 aromatic heterocycles. The standard InChI is InChI=1S/C9H7ClN2O2.C5H11N.C2H4O2.C2H6/c1-14-5-2-3-6-7(4-5)12-9(13)8(10)11-6;1-5-3-2-4-6-5;1-4-2-3;1-2/h2-4H,1H3,(H,12,13);5-6H,2-4H2,1H3;2H,1H3;1-2H3. The van der Waals surface area contributed by atoms with E-state index in [1.165, 1.54) is 26.5 Å². The van der Waals surface area contributed by atoms with E-state index < -0.39 is 5.56 Å². The summed E-state index contributed by atoms with van der Waals surface area (Å²) >= 11 is 5.58. The van der Waals surface area contributed by atoms with Crippen molar-refractivity contribution in [2.45, 2.75) is 39.7 Å². The lowest BCUT2D eigenvalue weighted by Crippen LogP contribution is -2.16. The highest BCUT2D eigenvalue weighted by molar-refractivity contribution is 6.29. The molecule has 8 heteroatoms. The zero-order valence-electron chi connectivity index (χ0n) is 16.0. The Bertz CT molecular complexity index is 700. The van der Waals surface area contributed by atoms with Crippen molar-refractivity contribution >= 4 is 29.1 Å². The molecule has 1 unspecified atom stereocenters. The number of carbonyl (C=O) groups is 1. The minimum Gasteiger partial charge on any atom is -0.497 e. The van der Waals surface area contributed by atoms with Gasteiger partial charge in [0.15, 0.2) is 5.15 Å². The van der Waals surface area contributed by atoms with Gasteiger partial charge in [-0.1, -0.05) is 25.4 Å². The molecule has 0 radical (unpaired) electrons. The fourth-order valence-corrected chi connectivity index (χ4v) is 2.17. The van der Waals surface area contributed by atoms with Crippen molar-refractivity contribution in [2.24, 2.45) is 0 Å².